The fourth-order valence-electron chi connectivity index (χ4n) is 2.12. The molecule has 1 heterocycles. The molecule has 2 heteroatoms. The summed E-state index contributed by atoms with van der Waals surface area (Å²) in [6.45, 7) is 14.5. The van der Waals surface area contributed by atoms with Gasteiger partial charge >= 0.3 is 0 Å². The highest BCUT2D eigenvalue weighted by molar-refractivity contribution is 4.65. The minimum Gasteiger partial charge on any atom is -0.353 e. The van der Waals surface area contributed by atoms with Gasteiger partial charge in [-0.3, -0.25) is 0 Å². The molecule has 1 aliphatic carbocycles. The third-order valence-electron chi connectivity index (χ3n) is 3.54. The maximum Gasteiger partial charge on any atom is 0.154 e. The summed E-state index contributed by atoms with van der Waals surface area (Å²) in [6.07, 6.45) is 5.91. The van der Waals surface area contributed by atoms with E-state index in [1.54, 1.807) is 0 Å². The highest BCUT2D eigenvalue weighted by Gasteiger charge is 2.14. The van der Waals surface area contributed by atoms with Crippen molar-refractivity contribution in [3.05, 3.63) is 0 Å². The molecule has 0 bridgehead atoms. The van der Waals surface area contributed by atoms with Crippen LogP contribution in [0.1, 0.15) is 67.2 Å². The van der Waals surface area contributed by atoms with Gasteiger partial charge in [0.05, 0.1) is 13.2 Å². The fourth-order valence-corrected chi connectivity index (χ4v) is 2.12. The predicted molar refractivity (Wildman–Crippen MR) is 78.7 cm³/mol. The SMILES string of the molecule is CC.CC1CCC(C)CC1.CC1COC(C)OC1. The molecule has 0 N–H and O–H groups in total. The van der Waals surface area contributed by atoms with E-state index in [2.05, 4.69) is 20.8 Å². The minimum absolute atomic E-state index is 0.0196. The van der Waals surface area contributed by atoms with Crippen molar-refractivity contribution in [1.82, 2.24) is 0 Å². The Balaban J connectivity index is 0.000000283. The second-order valence-corrected chi connectivity index (χ2v) is 5.70. The molecule has 0 aromatic heterocycles. The lowest BCUT2D eigenvalue weighted by Crippen LogP contribution is -2.27. The van der Waals surface area contributed by atoms with Gasteiger partial charge < -0.3 is 9.47 Å². The van der Waals surface area contributed by atoms with Crippen LogP contribution in [0.2, 0.25) is 0 Å². The second-order valence-electron chi connectivity index (χ2n) is 5.70. The Morgan fingerprint density at radius 1 is 0.611 bits per heavy atom. The lowest BCUT2D eigenvalue weighted by molar-refractivity contribution is -0.187. The van der Waals surface area contributed by atoms with Crippen LogP contribution in [0.4, 0.5) is 0 Å². The quantitative estimate of drug-likeness (QED) is 0.617. The highest BCUT2D eigenvalue weighted by Crippen LogP contribution is 2.27. The molecule has 2 aliphatic rings. The summed E-state index contributed by atoms with van der Waals surface area (Å²) in [4.78, 5) is 0. The van der Waals surface area contributed by atoms with Gasteiger partial charge in [-0.05, 0) is 18.8 Å². The first-order chi connectivity index (χ1) is 8.58. The van der Waals surface area contributed by atoms with Crippen molar-refractivity contribution in [3.63, 3.8) is 0 Å². The zero-order chi connectivity index (χ0) is 14.0. The highest BCUT2D eigenvalue weighted by atomic mass is 16.7. The first kappa shape index (κ1) is 17.9. The van der Waals surface area contributed by atoms with Crippen LogP contribution >= 0.6 is 0 Å². The molecule has 0 aromatic rings. The summed E-state index contributed by atoms with van der Waals surface area (Å²) < 4.78 is 10.3. The molecule has 0 atom stereocenters. The number of ether oxygens (including phenoxy) is 2. The topological polar surface area (TPSA) is 18.5 Å². The van der Waals surface area contributed by atoms with E-state index < -0.39 is 0 Å². The van der Waals surface area contributed by atoms with Gasteiger partial charge in [-0.2, -0.15) is 0 Å². The van der Waals surface area contributed by atoms with Crippen molar-refractivity contribution in [2.45, 2.75) is 73.5 Å². The van der Waals surface area contributed by atoms with Crippen molar-refractivity contribution in [3.8, 4) is 0 Å². The van der Waals surface area contributed by atoms with E-state index in [-0.39, 0.29) is 6.29 Å². The van der Waals surface area contributed by atoms with Crippen molar-refractivity contribution < 1.29 is 9.47 Å². The third kappa shape index (κ3) is 8.93. The summed E-state index contributed by atoms with van der Waals surface area (Å²) in [6, 6.07) is 0. The summed E-state index contributed by atoms with van der Waals surface area (Å²) in [7, 11) is 0. The van der Waals surface area contributed by atoms with Crippen LogP contribution in [0.25, 0.3) is 0 Å². The molecule has 1 saturated heterocycles. The Bertz CT molecular complexity index is 126. The summed E-state index contributed by atoms with van der Waals surface area (Å²) >= 11 is 0. The van der Waals surface area contributed by atoms with E-state index in [0.29, 0.717) is 5.92 Å². The Labute approximate surface area is 114 Å². The van der Waals surface area contributed by atoms with Crippen LogP contribution in [-0.4, -0.2) is 19.5 Å². The largest absolute Gasteiger partial charge is 0.353 e. The standard InChI is InChI=1S/C8H16.C6H12O2.C2H6/c1-7-3-5-8(2)6-4-7;1-5-3-7-6(2)8-4-5;1-2/h7-8H,3-6H2,1-2H3;5-6H,3-4H2,1-2H3;1-2H3. The number of rotatable bonds is 0. The second kappa shape index (κ2) is 10.8. The van der Waals surface area contributed by atoms with Crippen LogP contribution in [-0.2, 0) is 9.47 Å². The van der Waals surface area contributed by atoms with E-state index >= 15 is 0 Å². The molecule has 2 nitrogen and oxygen atoms in total. The first-order valence-electron chi connectivity index (χ1n) is 7.81. The molecule has 18 heavy (non-hydrogen) atoms. The van der Waals surface area contributed by atoms with Gasteiger partial charge in [0.2, 0.25) is 0 Å². The average Bonchev–Trinajstić information content (AvgIpc) is 2.40. The monoisotopic (exact) mass is 258 g/mol. The fraction of sp³-hybridized carbons (Fsp3) is 1.00. The molecular formula is C16H34O2. The summed E-state index contributed by atoms with van der Waals surface area (Å²) in [5, 5.41) is 0. The Kier molecular flexibility index (Phi) is 10.8. The van der Waals surface area contributed by atoms with Crippen LogP contribution in [0.3, 0.4) is 0 Å². The lowest BCUT2D eigenvalue weighted by atomic mass is 9.84. The Morgan fingerprint density at radius 3 is 1.22 bits per heavy atom. The first-order valence-corrected chi connectivity index (χ1v) is 7.81. The van der Waals surface area contributed by atoms with Gasteiger partial charge in [-0.25, -0.2) is 0 Å². The Morgan fingerprint density at radius 2 is 0.944 bits per heavy atom. The van der Waals surface area contributed by atoms with Crippen LogP contribution in [0.5, 0.6) is 0 Å². The summed E-state index contributed by atoms with van der Waals surface area (Å²) in [5.41, 5.74) is 0. The molecule has 1 aliphatic heterocycles. The van der Waals surface area contributed by atoms with E-state index in [1.807, 2.05) is 20.8 Å². The third-order valence-corrected chi connectivity index (χ3v) is 3.54. The van der Waals surface area contributed by atoms with Crippen LogP contribution in [0, 0.1) is 17.8 Å². The predicted octanol–water partition coefficient (Wildman–Crippen LogP) is 4.87. The maximum absolute atomic E-state index is 5.17. The van der Waals surface area contributed by atoms with Crippen molar-refractivity contribution in [2.75, 3.05) is 13.2 Å². The lowest BCUT2D eigenvalue weighted by Gasteiger charge is -2.24. The van der Waals surface area contributed by atoms with Crippen LogP contribution < -0.4 is 0 Å². The maximum atomic E-state index is 5.17. The van der Waals surface area contributed by atoms with Gasteiger partial charge in [0.15, 0.2) is 6.29 Å². The smallest absolute Gasteiger partial charge is 0.154 e. The normalized spacial score (nSPS) is 35.7. The van der Waals surface area contributed by atoms with Crippen molar-refractivity contribution in [1.29, 1.82) is 0 Å². The minimum atomic E-state index is 0.0196. The van der Waals surface area contributed by atoms with Crippen molar-refractivity contribution in [2.24, 2.45) is 17.8 Å². The van der Waals surface area contributed by atoms with E-state index in [1.165, 1.54) is 25.7 Å². The molecule has 2 rings (SSSR count). The Hall–Kier alpha value is -0.0800. The van der Waals surface area contributed by atoms with E-state index in [0.717, 1.165) is 25.0 Å². The number of hydrogen-bond donors (Lipinski definition) is 0. The molecule has 0 amide bonds. The van der Waals surface area contributed by atoms with Gasteiger partial charge in [-0.15, -0.1) is 0 Å². The average molecular weight is 258 g/mol. The van der Waals surface area contributed by atoms with Gasteiger partial charge in [0, 0.05) is 5.92 Å². The molecule has 110 valence electrons. The molecule has 0 spiro atoms. The molecule has 2 fully saturated rings. The molecule has 0 unspecified atom stereocenters. The molecule has 0 radical (unpaired) electrons. The van der Waals surface area contributed by atoms with E-state index in [9.17, 15) is 0 Å². The summed E-state index contributed by atoms with van der Waals surface area (Å²) in [5.74, 6) is 2.61. The molecule has 1 saturated carbocycles. The van der Waals surface area contributed by atoms with Crippen LogP contribution in [0.15, 0.2) is 0 Å². The van der Waals surface area contributed by atoms with E-state index in [4.69, 9.17) is 9.47 Å². The number of hydrogen-bond acceptors (Lipinski definition) is 2. The zero-order valence-electron chi connectivity index (χ0n) is 13.4. The molecule has 0 aromatic carbocycles. The molecular weight excluding hydrogens is 224 g/mol. The van der Waals surface area contributed by atoms with Gasteiger partial charge in [0.1, 0.15) is 0 Å². The van der Waals surface area contributed by atoms with Gasteiger partial charge in [0.25, 0.3) is 0 Å². The zero-order valence-corrected chi connectivity index (χ0v) is 13.4. The van der Waals surface area contributed by atoms with Crippen molar-refractivity contribution >= 4 is 0 Å². The van der Waals surface area contributed by atoms with Gasteiger partial charge in [-0.1, -0.05) is 60.3 Å².